The van der Waals surface area contributed by atoms with E-state index < -0.39 is 27.4 Å². The van der Waals surface area contributed by atoms with Crippen molar-refractivity contribution in [3.05, 3.63) is 69.5 Å². The molecule has 3 aromatic rings. The van der Waals surface area contributed by atoms with Gasteiger partial charge in [-0.25, -0.2) is 9.97 Å². The van der Waals surface area contributed by atoms with Crippen molar-refractivity contribution in [1.82, 2.24) is 9.97 Å². The Morgan fingerprint density at radius 3 is 2.13 bits per heavy atom. The van der Waals surface area contributed by atoms with E-state index in [1.807, 2.05) is 0 Å². The number of halogens is 4. The zero-order chi connectivity index (χ0) is 21.9. The molecule has 0 aliphatic heterocycles. The summed E-state index contributed by atoms with van der Waals surface area (Å²) in [6.45, 7) is 0. The van der Waals surface area contributed by atoms with Crippen molar-refractivity contribution in [2.24, 2.45) is 0 Å². The van der Waals surface area contributed by atoms with Crippen LogP contribution in [0.4, 0.5) is 41.9 Å². The minimum absolute atomic E-state index is 0.0797. The van der Waals surface area contributed by atoms with Gasteiger partial charge in [0, 0.05) is 11.4 Å². The number of nitrogens with zero attached hydrogens (tertiary/aromatic N) is 3. The number of ether oxygens (including phenoxy) is 1. The van der Waals surface area contributed by atoms with Gasteiger partial charge >= 0.3 is 11.9 Å². The molecule has 0 fully saturated rings. The van der Waals surface area contributed by atoms with E-state index in [1.165, 1.54) is 13.2 Å². The third-order valence-corrected chi connectivity index (χ3v) is 4.22. The minimum Gasteiger partial charge on any atom is -0.497 e. The molecule has 0 spiro atoms. The van der Waals surface area contributed by atoms with Gasteiger partial charge in [0.15, 0.2) is 0 Å². The quantitative estimate of drug-likeness (QED) is 0.383. The molecule has 0 radical (unpaired) electrons. The lowest BCUT2D eigenvalue weighted by atomic mass is 10.2. The summed E-state index contributed by atoms with van der Waals surface area (Å²) in [6.07, 6.45) is -3.64. The molecule has 1 heterocycles. The number of nitro groups is 1. The summed E-state index contributed by atoms with van der Waals surface area (Å²) in [5.41, 5.74) is -1.22. The van der Waals surface area contributed by atoms with Crippen LogP contribution in [-0.4, -0.2) is 22.0 Å². The highest BCUT2D eigenvalue weighted by Crippen LogP contribution is 2.38. The van der Waals surface area contributed by atoms with Crippen LogP contribution in [-0.2, 0) is 6.18 Å². The van der Waals surface area contributed by atoms with Gasteiger partial charge in [-0.05, 0) is 42.5 Å². The van der Waals surface area contributed by atoms with Gasteiger partial charge < -0.3 is 15.4 Å². The monoisotopic (exact) mass is 439 g/mol. The van der Waals surface area contributed by atoms with Gasteiger partial charge in [-0.1, -0.05) is 11.6 Å². The fourth-order valence-corrected chi connectivity index (χ4v) is 2.73. The largest absolute Gasteiger partial charge is 0.497 e. The first-order valence-corrected chi connectivity index (χ1v) is 8.61. The molecule has 2 aromatic carbocycles. The van der Waals surface area contributed by atoms with Gasteiger partial charge in [0.1, 0.15) is 12.1 Å². The number of nitrogens with one attached hydrogen (secondary N) is 2. The average molecular weight is 440 g/mol. The number of anilines is 4. The Balaban J connectivity index is 1.96. The molecule has 30 heavy (non-hydrogen) atoms. The minimum atomic E-state index is -4.69. The fraction of sp³-hybridized carbons (Fsp3) is 0.111. The van der Waals surface area contributed by atoms with Crippen molar-refractivity contribution >= 4 is 40.3 Å². The van der Waals surface area contributed by atoms with E-state index in [1.54, 1.807) is 24.3 Å². The lowest BCUT2D eigenvalue weighted by Gasteiger charge is -2.13. The third kappa shape index (κ3) is 4.69. The Kier molecular flexibility index (Phi) is 5.92. The summed E-state index contributed by atoms with van der Waals surface area (Å²) in [7, 11) is 1.50. The molecule has 0 aliphatic rings. The summed E-state index contributed by atoms with van der Waals surface area (Å²) in [4.78, 5) is 18.6. The number of benzene rings is 2. The van der Waals surface area contributed by atoms with Crippen LogP contribution in [0.25, 0.3) is 0 Å². The highest BCUT2D eigenvalue weighted by molar-refractivity contribution is 6.31. The SMILES string of the molecule is COc1ccc(Nc2ncnc(Nc3ccc(Cl)c(C(F)(F)F)c3)c2[N+](=O)[O-])cc1. The standard InChI is InChI=1S/C18H13ClF3N5O3/c1-30-12-5-2-10(3-6-12)25-16-15(27(28)29)17(24-9-23-16)26-11-4-7-14(19)13(8-11)18(20,21)22/h2-9H,1H3,(H2,23,24,25,26). The Morgan fingerprint density at radius 2 is 1.60 bits per heavy atom. The van der Waals surface area contributed by atoms with Crippen molar-refractivity contribution in [3.63, 3.8) is 0 Å². The van der Waals surface area contributed by atoms with Crippen molar-refractivity contribution in [2.45, 2.75) is 6.18 Å². The van der Waals surface area contributed by atoms with E-state index in [2.05, 4.69) is 20.6 Å². The first-order chi connectivity index (χ1) is 14.2. The molecule has 0 atom stereocenters. The number of aromatic nitrogens is 2. The van der Waals surface area contributed by atoms with E-state index in [4.69, 9.17) is 16.3 Å². The van der Waals surface area contributed by atoms with Crippen molar-refractivity contribution in [3.8, 4) is 5.75 Å². The maximum absolute atomic E-state index is 13.1. The maximum Gasteiger partial charge on any atom is 0.417 e. The second-order valence-corrected chi connectivity index (χ2v) is 6.25. The van der Waals surface area contributed by atoms with Crippen LogP contribution in [0.5, 0.6) is 5.75 Å². The van der Waals surface area contributed by atoms with E-state index in [9.17, 15) is 23.3 Å². The van der Waals surface area contributed by atoms with E-state index in [0.29, 0.717) is 11.4 Å². The molecular formula is C18H13ClF3N5O3. The molecule has 3 rings (SSSR count). The van der Waals surface area contributed by atoms with Gasteiger partial charge in [-0.15, -0.1) is 0 Å². The maximum atomic E-state index is 13.1. The van der Waals surface area contributed by atoms with Gasteiger partial charge in [0.2, 0.25) is 11.6 Å². The number of hydrogen-bond donors (Lipinski definition) is 2. The van der Waals surface area contributed by atoms with Gasteiger partial charge in [0.05, 0.1) is 22.6 Å². The van der Waals surface area contributed by atoms with Gasteiger partial charge in [-0.3, -0.25) is 10.1 Å². The second-order valence-electron chi connectivity index (χ2n) is 5.85. The Hall–Kier alpha value is -3.60. The van der Waals surface area contributed by atoms with Crippen LogP contribution >= 0.6 is 11.6 Å². The van der Waals surface area contributed by atoms with Crippen molar-refractivity contribution in [1.29, 1.82) is 0 Å². The number of hydrogen-bond acceptors (Lipinski definition) is 7. The molecule has 12 heteroatoms. The molecule has 0 saturated carbocycles. The Labute approximate surface area is 172 Å². The van der Waals surface area contributed by atoms with E-state index in [0.717, 1.165) is 18.5 Å². The Bertz CT molecular complexity index is 1080. The smallest absolute Gasteiger partial charge is 0.417 e. The predicted molar refractivity (Wildman–Crippen MR) is 105 cm³/mol. The average Bonchev–Trinajstić information content (AvgIpc) is 2.69. The molecule has 0 amide bonds. The lowest BCUT2D eigenvalue weighted by Crippen LogP contribution is -2.08. The molecule has 156 valence electrons. The Morgan fingerprint density at radius 1 is 1.03 bits per heavy atom. The predicted octanol–water partition coefficient (Wildman–Crippen LogP) is 5.55. The molecule has 8 nitrogen and oxygen atoms in total. The zero-order valence-corrected chi connectivity index (χ0v) is 16.0. The summed E-state index contributed by atoms with van der Waals surface area (Å²) < 4.78 is 44.3. The fourth-order valence-electron chi connectivity index (χ4n) is 2.50. The van der Waals surface area contributed by atoms with Crippen LogP contribution in [0.15, 0.2) is 48.8 Å². The van der Waals surface area contributed by atoms with E-state index in [-0.39, 0.29) is 17.3 Å². The summed E-state index contributed by atoms with van der Waals surface area (Å²) in [6, 6.07) is 9.54. The summed E-state index contributed by atoms with van der Waals surface area (Å²) >= 11 is 5.60. The molecular weight excluding hydrogens is 427 g/mol. The van der Waals surface area contributed by atoms with Crippen molar-refractivity contribution < 1.29 is 22.8 Å². The van der Waals surface area contributed by atoms with Crippen LogP contribution in [0.2, 0.25) is 5.02 Å². The number of alkyl halides is 3. The number of methoxy groups -OCH3 is 1. The lowest BCUT2D eigenvalue weighted by molar-refractivity contribution is -0.383. The van der Waals surface area contributed by atoms with Crippen LogP contribution in [0, 0.1) is 10.1 Å². The molecule has 0 aliphatic carbocycles. The summed E-state index contributed by atoms with van der Waals surface area (Å²) in [5.74, 6) is 0.150. The molecule has 1 aromatic heterocycles. The van der Waals surface area contributed by atoms with Crippen molar-refractivity contribution in [2.75, 3.05) is 17.7 Å². The number of rotatable bonds is 6. The second kappa shape index (κ2) is 8.41. The van der Waals surface area contributed by atoms with Crippen LogP contribution in [0.3, 0.4) is 0 Å². The molecule has 0 bridgehead atoms. The third-order valence-electron chi connectivity index (χ3n) is 3.89. The topological polar surface area (TPSA) is 102 Å². The van der Waals surface area contributed by atoms with Crippen LogP contribution < -0.4 is 15.4 Å². The molecule has 2 N–H and O–H groups in total. The van der Waals surface area contributed by atoms with Gasteiger partial charge in [0.25, 0.3) is 0 Å². The highest BCUT2D eigenvalue weighted by atomic mass is 35.5. The molecule has 0 saturated heterocycles. The summed E-state index contributed by atoms with van der Waals surface area (Å²) in [5, 5.41) is 16.4. The highest BCUT2D eigenvalue weighted by Gasteiger charge is 2.33. The van der Waals surface area contributed by atoms with E-state index >= 15 is 0 Å². The first kappa shape index (κ1) is 21.1. The zero-order valence-electron chi connectivity index (χ0n) is 15.2. The first-order valence-electron chi connectivity index (χ1n) is 8.23. The van der Waals surface area contributed by atoms with Crippen LogP contribution in [0.1, 0.15) is 5.56 Å². The molecule has 0 unspecified atom stereocenters. The normalized spacial score (nSPS) is 11.1. The van der Waals surface area contributed by atoms with Gasteiger partial charge in [-0.2, -0.15) is 13.2 Å².